The van der Waals surface area contributed by atoms with Crippen LogP contribution in [0.4, 0.5) is 14.9 Å². The van der Waals surface area contributed by atoms with Gasteiger partial charge in [0.2, 0.25) is 0 Å². The molecule has 0 aliphatic carbocycles. The number of halogens is 1. The van der Waals surface area contributed by atoms with Crippen molar-refractivity contribution in [3.8, 4) is 0 Å². The molecule has 2 aromatic rings. The topological polar surface area (TPSA) is 41.1 Å². The van der Waals surface area contributed by atoms with Gasteiger partial charge in [0.05, 0.1) is 0 Å². The third-order valence-corrected chi connectivity index (χ3v) is 2.84. The van der Waals surface area contributed by atoms with E-state index in [0.717, 1.165) is 5.56 Å². The lowest BCUT2D eigenvalue weighted by atomic mass is 10.3. The Bertz CT molecular complexity index is 535. The molecule has 0 saturated heterocycles. The minimum absolute atomic E-state index is 0.335. The Balaban J connectivity index is 1.84. The van der Waals surface area contributed by atoms with Crippen LogP contribution in [0.3, 0.4) is 0 Å². The van der Waals surface area contributed by atoms with Gasteiger partial charge in [-0.05, 0) is 52.7 Å². The molecule has 18 heavy (non-hydrogen) atoms. The fourth-order valence-corrected chi connectivity index (χ4v) is 1.91. The van der Waals surface area contributed by atoms with Crippen LogP contribution < -0.4 is 10.6 Å². The zero-order valence-electron chi connectivity index (χ0n) is 9.39. The van der Waals surface area contributed by atoms with E-state index in [4.69, 9.17) is 0 Å². The van der Waals surface area contributed by atoms with E-state index in [1.165, 1.54) is 24.3 Å². The number of carbonyl (C=O) groups excluding carboxylic acids is 1. The van der Waals surface area contributed by atoms with Crippen molar-refractivity contribution < 1.29 is 9.18 Å². The van der Waals surface area contributed by atoms with E-state index >= 15 is 0 Å². The van der Waals surface area contributed by atoms with E-state index in [9.17, 15) is 9.18 Å². The summed E-state index contributed by atoms with van der Waals surface area (Å²) >= 11 is 1.59. The second kappa shape index (κ2) is 5.97. The van der Waals surface area contributed by atoms with E-state index in [1.807, 2.05) is 16.8 Å². The van der Waals surface area contributed by atoms with Crippen molar-refractivity contribution in [2.75, 3.05) is 5.32 Å². The van der Waals surface area contributed by atoms with Crippen molar-refractivity contribution in [1.82, 2.24) is 5.32 Å². The van der Waals surface area contributed by atoms with Crippen molar-refractivity contribution >= 4 is 29.1 Å². The maximum absolute atomic E-state index is 12.6. The van der Waals surface area contributed by atoms with Gasteiger partial charge in [0, 0.05) is 11.9 Å². The number of nitrogens with one attached hydrogen (secondary N) is 2. The molecule has 3 nitrogen and oxygen atoms in total. The van der Waals surface area contributed by atoms with Crippen LogP contribution in [0.2, 0.25) is 0 Å². The molecular formula is C13H11FN2OS. The van der Waals surface area contributed by atoms with Gasteiger partial charge in [-0.15, -0.1) is 0 Å². The highest BCUT2D eigenvalue weighted by molar-refractivity contribution is 7.08. The summed E-state index contributed by atoms with van der Waals surface area (Å²) in [5, 5.41) is 9.07. The van der Waals surface area contributed by atoms with Crippen LogP contribution in [0.1, 0.15) is 5.56 Å². The second-order valence-electron chi connectivity index (χ2n) is 3.50. The van der Waals surface area contributed by atoms with E-state index < -0.39 is 0 Å². The van der Waals surface area contributed by atoms with Crippen LogP contribution in [0.15, 0.2) is 47.3 Å². The van der Waals surface area contributed by atoms with Gasteiger partial charge >= 0.3 is 6.03 Å². The standard InChI is InChI=1S/C13H11FN2OS/c14-11-1-3-12(4-2-11)16-13(17)15-7-5-10-6-8-18-9-10/h1-9H,(H2,15,16,17)/b7-5+. The molecule has 2 rings (SSSR count). The fourth-order valence-electron chi connectivity index (χ4n) is 1.28. The molecule has 0 saturated carbocycles. The third-order valence-electron chi connectivity index (χ3n) is 2.14. The molecule has 92 valence electrons. The first kappa shape index (κ1) is 12.3. The van der Waals surface area contributed by atoms with Gasteiger partial charge in [0.25, 0.3) is 0 Å². The van der Waals surface area contributed by atoms with Gasteiger partial charge in [0.1, 0.15) is 5.82 Å². The Labute approximate surface area is 108 Å². The highest BCUT2D eigenvalue weighted by atomic mass is 32.1. The molecule has 5 heteroatoms. The van der Waals surface area contributed by atoms with Gasteiger partial charge in [-0.3, -0.25) is 0 Å². The number of hydrogen-bond acceptors (Lipinski definition) is 2. The monoisotopic (exact) mass is 262 g/mol. The highest BCUT2D eigenvalue weighted by Gasteiger charge is 1.98. The lowest BCUT2D eigenvalue weighted by Crippen LogP contribution is -2.23. The number of benzene rings is 1. The van der Waals surface area contributed by atoms with E-state index in [0.29, 0.717) is 5.69 Å². The average Bonchev–Trinajstić information content (AvgIpc) is 2.85. The SMILES string of the molecule is O=C(N/C=C/c1ccsc1)Nc1ccc(F)cc1. The summed E-state index contributed by atoms with van der Waals surface area (Å²) in [6, 6.07) is 7.15. The number of thiophene rings is 1. The summed E-state index contributed by atoms with van der Waals surface area (Å²) in [4.78, 5) is 11.5. The Morgan fingerprint density at radius 3 is 2.67 bits per heavy atom. The Hall–Kier alpha value is -2.14. The molecule has 2 amide bonds. The smallest absolute Gasteiger partial charge is 0.314 e. The van der Waals surface area contributed by atoms with Gasteiger partial charge in [-0.2, -0.15) is 11.3 Å². The molecule has 0 aliphatic heterocycles. The lowest BCUT2D eigenvalue weighted by molar-refractivity contribution is 0.255. The molecule has 0 bridgehead atoms. The summed E-state index contributed by atoms with van der Waals surface area (Å²) in [6.45, 7) is 0. The first-order chi connectivity index (χ1) is 8.74. The van der Waals surface area contributed by atoms with Crippen molar-refractivity contribution in [2.45, 2.75) is 0 Å². The molecule has 0 radical (unpaired) electrons. The average molecular weight is 262 g/mol. The molecule has 0 spiro atoms. The van der Waals surface area contributed by atoms with Crippen molar-refractivity contribution in [1.29, 1.82) is 0 Å². The number of hydrogen-bond donors (Lipinski definition) is 2. The molecule has 1 aromatic heterocycles. The lowest BCUT2D eigenvalue weighted by Gasteiger charge is -2.03. The largest absolute Gasteiger partial charge is 0.323 e. The second-order valence-corrected chi connectivity index (χ2v) is 4.28. The van der Waals surface area contributed by atoms with E-state index in [2.05, 4.69) is 10.6 Å². The van der Waals surface area contributed by atoms with Crippen LogP contribution in [-0.2, 0) is 0 Å². The van der Waals surface area contributed by atoms with Crippen LogP contribution in [0.25, 0.3) is 6.08 Å². The number of carbonyl (C=O) groups is 1. The Morgan fingerprint density at radius 2 is 2.00 bits per heavy atom. The van der Waals surface area contributed by atoms with Gasteiger partial charge in [-0.25, -0.2) is 9.18 Å². The number of amides is 2. The first-order valence-electron chi connectivity index (χ1n) is 5.26. The molecule has 0 aliphatic rings. The summed E-state index contributed by atoms with van der Waals surface area (Å²) in [5.74, 6) is -0.335. The van der Waals surface area contributed by atoms with Crippen molar-refractivity contribution in [3.05, 3.63) is 58.7 Å². The summed E-state index contributed by atoms with van der Waals surface area (Å²) < 4.78 is 12.6. The number of rotatable bonds is 3. The quantitative estimate of drug-likeness (QED) is 0.870. The summed E-state index contributed by atoms with van der Waals surface area (Å²) in [6.07, 6.45) is 3.35. The van der Waals surface area contributed by atoms with Gasteiger partial charge < -0.3 is 10.6 Å². The van der Waals surface area contributed by atoms with Gasteiger partial charge in [0.15, 0.2) is 0 Å². The van der Waals surface area contributed by atoms with Crippen LogP contribution >= 0.6 is 11.3 Å². The minimum Gasteiger partial charge on any atom is -0.314 e. The molecule has 2 N–H and O–H groups in total. The Kier molecular flexibility index (Phi) is 4.09. The third kappa shape index (κ3) is 3.71. The highest BCUT2D eigenvalue weighted by Crippen LogP contribution is 2.08. The molecule has 0 fully saturated rings. The van der Waals surface area contributed by atoms with Gasteiger partial charge in [-0.1, -0.05) is 0 Å². The van der Waals surface area contributed by atoms with Crippen LogP contribution in [0.5, 0.6) is 0 Å². The molecule has 0 atom stereocenters. The molecule has 1 heterocycles. The van der Waals surface area contributed by atoms with Crippen LogP contribution in [-0.4, -0.2) is 6.03 Å². The zero-order valence-corrected chi connectivity index (χ0v) is 10.2. The maximum atomic E-state index is 12.6. The summed E-state index contributed by atoms with van der Waals surface area (Å²) in [7, 11) is 0. The minimum atomic E-state index is -0.368. The number of anilines is 1. The predicted octanol–water partition coefficient (Wildman–Crippen LogP) is 3.68. The first-order valence-corrected chi connectivity index (χ1v) is 6.20. The predicted molar refractivity (Wildman–Crippen MR) is 71.9 cm³/mol. The van der Waals surface area contributed by atoms with Crippen molar-refractivity contribution in [3.63, 3.8) is 0 Å². The normalized spacial score (nSPS) is 10.5. The summed E-state index contributed by atoms with van der Waals surface area (Å²) in [5.41, 5.74) is 1.57. The van der Waals surface area contributed by atoms with E-state index in [-0.39, 0.29) is 11.8 Å². The molecule has 0 unspecified atom stereocenters. The number of urea groups is 1. The molecule has 1 aromatic carbocycles. The van der Waals surface area contributed by atoms with E-state index in [1.54, 1.807) is 23.6 Å². The zero-order chi connectivity index (χ0) is 12.8. The molecular weight excluding hydrogens is 251 g/mol. The fraction of sp³-hybridized carbons (Fsp3) is 0. The van der Waals surface area contributed by atoms with Crippen molar-refractivity contribution in [2.24, 2.45) is 0 Å². The maximum Gasteiger partial charge on any atom is 0.323 e. The van der Waals surface area contributed by atoms with Crippen LogP contribution in [0, 0.1) is 5.82 Å². The Morgan fingerprint density at radius 1 is 1.22 bits per heavy atom.